The Morgan fingerprint density at radius 3 is 2.11 bits per heavy atom. The van der Waals surface area contributed by atoms with Crippen molar-refractivity contribution in [3.05, 3.63) is 23.8 Å². The van der Waals surface area contributed by atoms with Gasteiger partial charge < -0.3 is 20.8 Å². The molecule has 0 saturated heterocycles. The van der Waals surface area contributed by atoms with Crippen molar-refractivity contribution in [3.8, 4) is 0 Å². The molecule has 0 aliphatic carbocycles. The summed E-state index contributed by atoms with van der Waals surface area (Å²) >= 11 is 0. The smallest absolute Gasteiger partial charge is 0.399 e. The third-order valence-electron chi connectivity index (χ3n) is 2.41. The summed E-state index contributed by atoms with van der Waals surface area (Å²) in [6.07, 6.45) is -4.53. The molecule has 0 fully saturated rings. The summed E-state index contributed by atoms with van der Waals surface area (Å²) < 4.78 is 38.6. The monoisotopic (exact) mass is 264 g/mol. The Morgan fingerprint density at radius 1 is 1.11 bits per heavy atom. The fourth-order valence-corrected chi connectivity index (χ4v) is 1.65. The molecule has 0 aliphatic heterocycles. The second-order valence-corrected chi connectivity index (χ2v) is 3.71. The van der Waals surface area contributed by atoms with Crippen molar-refractivity contribution in [2.75, 3.05) is 36.9 Å². The zero-order chi connectivity index (χ0) is 13.8. The van der Waals surface area contributed by atoms with Crippen LogP contribution in [0.1, 0.15) is 5.56 Å². The summed E-state index contributed by atoms with van der Waals surface area (Å²) in [5.41, 5.74) is 4.40. The van der Waals surface area contributed by atoms with E-state index in [1.807, 2.05) is 0 Å². The fourth-order valence-electron chi connectivity index (χ4n) is 1.65. The minimum Gasteiger partial charge on any atom is -0.399 e. The van der Waals surface area contributed by atoms with Crippen molar-refractivity contribution < 1.29 is 23.4 Å². The van der Waals surface area contributed by atoms with Gasteiger partial charge in [-0.25, -0.2) is 0 Å². The summed E-state index contributed by atoms with van der Waals surface area (Å²) in [6, 6.07) is 3.44. The Kier molecular flexibility index (Phi) is 4.80. The van der Waals surface area contributed by atoms with Gasteiger partial charge in [0.2, 0.25) is 0 Å². The summed E-state index contributed by atoms with van der Waals surface area (Å²) in [5, 5.41) is 17.7. The highest BCUT2D eigenvalue weighted by atomic mass is 19.4. The number of halogens is 3. The third kappa shape index (κ3) is 3.51. The molecule has 0 atom stereocenters. The van der Waals surface area contributed by atoms with Gasteiger partial charge in [0.05, 0.1) is 18.8 Å². The lowest BCUT2D eigenvalue weighted by Crippen LogP contribution is -2.31. The van der Waals surface area contributed by atoms with Crippen LogP contribution in [-0.2, 0) is 6.18 Å². The molecule has 0 spiro atoms. The minimum absolute atomic E-state index is 0.00750. The number of aliphatic hydroxyl groups excluding tert-OH is 2. The quantitative estimate of drug-likeness (QED) is 0.696. The number of benzene rings is 1. The highest BCUT2D eigenvalue weighted by molar-refractivity contribution is 5.60. The first-order valence-corrected chi connectivity index (χ1v) is 5.33. The van der Waals surface area contributed by atoms with E-state index in [1.54, 1.807) is 0 Å². The lowest BCUT2D eigenvalue weighted by molar-refractivity contribution is -0.137. The van der Waals surface area contributed by atoms with Gasteiger partial charge >= 0.3 is 6.18 Å². The Bertz CT molecular complexity index is 390. The van der Waals surface area contributed by atoms with Crippen molar-refractivity contribution in [3.63, 3.8) is 0 Å². The highest BCUT2D eigenvalue weighted by Gasteiger charge is 2.35. The molecule has 0 heterocycles. The third-order valence-corrected chi connectivity index (χ3v) is 2.41. The van der Waals surface area contributed by atoms with Crippen LogP contribution < -0.4 is 10.6 Å². The van der Waals surface area contributed by atoms with Crippen molar-refractivity contribution >= 4 is 11.4 Å². The van der Waals surface area contributed by atoms with Gasteiger partial charge in [0.15, 0.2) is 0 Å². The molecule has 0 unspecified atom stereocenters. The van der Waals surface area contributed by atoms with E-state index < -0.39 is 11.7 Å². The molecule has 0 saturated carbocycles. The molecule has 7 heteroatoms. The maximum atomic E-state index is 12.9. The van der Waals surface area contributed by atoms with Crippen LogP contribution >= 0.6 is 0 Å². The normalized spacial score (nSPS) is 11.6. The second-order valence-electron chi connectivity index (χ2n) is 3.71. The number of hydrogen-bond acceptors (Lipinski definition) is 4. The van der Waals surface area contributed by atoms with Crippen molar-refractivity contribution in [2.24, 2.45) is 0 Å². The van der Waals surface area contributed by atoms with Gasteiger partial charge in [-0.2, -0.15) is 13.2 Å². The molecule has 0 amide bonds. The molecule has 1 aromatic rings. The number of aliphatic hydroxyl groups is 2. The van der Waals surface area contributed by atoms with Crippen LogP contribution in [0.15, 0.2) is 18.2 Å². The Hall–Kier alpha value is -1.47. The zero-order valence-electron chi connectivity index (χ0n) is 9.61. The molecule has 1 rings (SSSR count). The van der Waals surface area contributed by atoms with Gasteiger partial charge in [0.25, 0.3) is 0 Å². The number of hydrogen-bond donors (Lipinski definition) is 3. The van der Waals surface area contributed by atoms with E-state index in [0.717, 1.165) is 6.07 Å². The first kappa shape index (κ1) is 14.6. The summed E-state index contributed by atoms with van der Waals surface area (Å²) in [7, 11) is 0. The second kappa shape index (κ2) is 5.92. The predicted molar refractivity (Wildman–Crippen MR) is 62.2 cm³/mol. The summed E-state index contributed by atoms with van der Waals surface area (Å²) in [4.78, 5) is 1.27. The van der Waals surface area contributed by atoms with E-state index >= 15 is 0 Å². The van der Waals surface area contributed by atoms with Crippen molar-refractivity contribution in [2.45, 2.75) is 6.18 Å². The first-order valence-electron chi connectivity index (χ1n) is 5.33. The Morgan fingerprint density at radius 2 is 1.67 bits per heavy atom. The SMILES string of the molecule is Nc1ccc(N(CCO)CCO)c(C(F)(F)F)c1. The van der Waals surface area contributed by atoms with E-state index in [1.165, 1.54) is 17.0 Å². The van der Waals surface area contributed by atoms with Crippen LogP contribution in [0, 0.1) is 0 Å². The largest absolute Gasteiger partial charge is 0.418 e. The standard InChI is InChI=1S/C11H15F3N2O2/c12-11(13,14)9-7-8(15)1-2-10(9)16(3-5-17)4-6-18/h1-2,7,17-18H,3-6,15H2. The van der Waals surface area contributed by atoms with Gasteiger partial charge in [-0.15, -0.1) is 0 Å². The zero-order valence-corrected chi connectivity index (χ0v) is 9.61. The van der Waals surface area contributed by atoms with E-state index in [4.69, 9.17) is 15.9 Å². The van der Waals surface area contributed by atoms with Gasteiger partial charge in [-0.3, -0.25) is 0 Å². The summed E-state index contributed by atoms with van der Waals surface area (Å²) in [5.74, 6) is 0. The van der Waals surface area contributed by atoms with Gasteiger partial charge in [0, 0.05) is 24.5 Å². The maximum absolute atomic E-state index is 12.9. The average Bonchev–Trinajstić information content (AvgIpc) is 2.27. The molecule has 0 aliphatic rings. The van der Waals surface area contributed by atoms with Crippen LogP contribution in [0.25, 0.3) is 0 Å². The molecule has 1 aromatic carbocycles. The van der Waals surface area contributed by atoms with E-state index in [9.17, 15) is 13.2 Å². The van der Waals surface area contributed by atoms with Gasteiger partial charge in [0.1, 0.15) is 0 Å². The minimum atomic E-state index is -4.53. The number of anilines is 2. The average molecular weight is 264 g/mol. The Balaban J connectivity index is 3.20. The lowest BCUT2D eigenvalue weighted by Gasteiger charge is -2.26. The number of rotatable bonds is 5. The van der Waals surface area contributed by atoms with E-state index in [-0.39, 0.29) is 37.7 Å². The maximum Gasteiger partial charge on any atom is 0.418 e. The van der Waals surface area contributed by atoms with Gasteiger partial charge in [-0.05, 0) is 18.2 Å². The number of nitrogens with two attached hydrogens (primary N) is 1. The van der Waals surface area contributed by atoms with E-state index in [0.29, 0.717) is 0 Å². The van der Waals surface area contributed by atoms with E-state index in [2.05, 4.69) is 0 Å². The van der Waals surface area contributed by atoms with Crippen LogP contribution in [0.2, 0.25) is 0 Å². The Labute approximate surface area is 102 Å². The molecule has 18 heavy (non-hydrogen) atoms. The summed E-state index contributed by atoms with van der Waals surface area (Å²) in [6.45, 7) is -0.593. The molecule has 102 valence electrons. The van der Waals surface area contributed by atoms with Crippen molar-refractivity contribution in [1.29, 1.82) is 0 Å². The lowest BCUT2D eigenvalue weighted by atomic mass is 10.1. The van der Waals surface area contributed by atoms with Crippen LogP contribution in [0.5, 0.6) is 0 Å². The number of alkyl halides is 3. The van der Waals surface area contributed by atoms with Crippen LogP contribution in [0.3, 0.4) is 0 Å². The molecular weight excluding hydrogens is 249 g/mol. The van der Waals surface area contributed by atoms with Crippen LogP contribution in [-0.4, -0.2) is 36.5 Å². The molecule has 0 radical (unpaired) electrons. The molecular formula is C11H15F3N2O2. The van der Waals surface area contributed by atoms with Gasteiger partial charge in [-0.1, -0.05) is 0 Å². The fraction of sp³-hybridized carbons (Fsp3) is 0.455. The predicted octanol–water partition coefficient (Wildman–Crippen LogP) is 1.08. The number of nitrogens with zero attached hydrogens (tertiary/aromatic N) is 1. The molecule has 0 aromatic heterocycles. The highest BCUT2D eigenvalue weighted by Crippen LogP contribution is 2.37. The molecule has 4 N–H and O–H groups in total. The topological polar surface area (TPSA) is 69.7 Å². The van der Waals surface area contributed by atoms with Crippen molar-refractivity contribution in [1.82, 2.24) is 0 Å². The first-order chi connectivity index (χ1) is 8.40. The van der Waals surface area contributed by atoms with Crippen LogP contribution in [0.4, 0.5) is 24.5 Å². The molecule has 0 bridgehead atoms. The molecule has 4 nitrogen and oxygen atoms in total. The number of nitrogen functional groups attached to an aromatic ring is 1.